The second kappa shape index (κ2) is 4.86. The number of H-pyrrole nitrogens is 1. The Balaban J connectivity index is 1.96. The van der Waals surface area contributed by atoms with E-state index in [0.29, 0.717) is 5.92 Å². The summed E-state index contributed by atoms with van der Waals surface area (Å²) in [6, 6.07) is 2.18. The van der Waals surface area contributed by atoms with Gasteiger partial charge < -0.3 is 10.3 Å². The Bertz CT molecular complexity index is 463. The van der Waals surface area contributed by atoms with Gasteiger partial charge in [0.1, 0.15) is 0 Å². The zero-order valence-corrected chi connectivity index (χ0v) is 10.7. The minimum atomic E-state index is 0.144. The number of aromatic nitrogens is 1. The molecule has 4 heteroatoms. The number of thioether (sulfide) groups is 1. The molecule has 0 unspecified atom stereocenters. The molecule has 0 amide bonds. The lowest BCUT2D eigenvalue weighted by Crippen LogP contribution is -2.30. The molecule has 3 nitrogen and oxygen atoms in total. The molecule has 17 heavy (non-hydrogen) atoms. The Labute approximate surface area is 105 Å². The number of aromatic amines is 1. The van der Waals surface area contributed by atoms with E-state index in [-0.39, 0.29) is 5.56 Å². The maximum absolute atomic E-state index is 12.1. The molecule has 1 aromatic rings. The van der Waals surface area contributed by atoms with Crippen LogP contribution in [0.1, 0.15) is 36.3 Å². The highest BCUT2D eigenvalue weighted by atomic mass is 32.2. The highest BCUT2D eigenvalue weighted by Crippen LogP contribution is 2.30. The van der Waals surface area contributed by atoms with E-state index in [9.17, 15) is 4.79 Å². The molecule has 0 radical (unpaired) electrons. The molecule has 3 rings (SSSR count). The Morgan fingerprint density at radius 1 is 1.29 bits per heavy atom. The summed E-state index contributed by atoms with van der Waals surface area (Å²) in [5.74, 6) is 1.59. The lowest BCUT2D eigenvalue weighted by Gasteiger charge is -2.24. The summed E-state index contributed by atoms with van der Waals surface area (Å²) in [5, 5.41) is 4.46. The van der Waals surface area contributed by atoms with Gasteiger partial charge in [0.05, 0.1) is 5.03 Å². The van der Waals surface area contributed by atoms with E-state index in [1.54, 1.807) is 11.8 Å². The van der Waals surface area contributed by atoms with Crippen molar-refractivity contribution in [3.8, 4) is 0 Å². The van der Waals surface area contributed by atoms with Crippen LogP contribution in [0.4, 0.5) is 0 Å². The van der Waals surface area contributed by atoms with E-state index in [4.69, 9.17) is 0 Å². The van der Waals surface area contributed by atoms with Crippen molar-refractivity contribution in [2.24, 2.45) is 0 Å². The molecule has 0 atom stereocenters. The molecule has 0 bridgehead atoms. The van der Waals surface area contributed by atoms with Crippen LogP contribution < -0.4 is 10.9 Å². The SMILES string of the molecule is O=c1[nH]c2c(cc1C1CCNCC1)CCCS2. The first-order valence-electron chi connectivity index (χ1n) is 6.44. The summed E-state index contributed by atoms with van der Waals surface area (Å²) in [5.41, 5.74) is 2.52. The van der Waals surface area contributed by atoms with Crippen molar-refractivity contribution in [1.29, 1.82) is 0 Å². The lowest BCUT2D eigenvalue weighted by molar-refractivity contribution is 0.456. The molecule has 2 aliphatic heterocycles. The summed E-state index contributed by atoms with van der Waals surface area (Å²) in [6.07, 6.45) is 4.54. The fourth-order valence-electron chi connectivity index (χ4n) is 2.76. The number of piperidine rings is 1. The smallest absolute Gasteiger partial charge is 0.252 e. The fraction of sp³-hybridized carbons (Fsp3) is 0.615. The van der Waals surface area contributed by atoms with E-state index in [0.717, 1.165) is 48.7 Å². The van der Waals surface area contributed by atoms with Gasteiger partial charge in [-0.05, 0) is 62.1 Å². The van der Waals surface area contributed by atoms with Gasteiger partial charge >= 0.3 is 0 Å². The standard InChI is InChI=1S/C13H18N2OS/c16-12-11(9-3-5-14-6-4-9)8-10-2-1-7-17-13(10)15-12/h8-9,14H,1-7H2,(H,15,16). The van der Waals surface area contributed by atoms with E-state index in [2.05, 4.69) is 16.4 Å². The van der Waals surface area contributed by atoms with Gasteiger partial charge in [-0.3, -0.25) is 4.79 Å². The first-order valence-corrected chi connectivity index (χ1v) is 7.43. The lowest BCUT2D eigenvalue weighted by atomic mass is 9.90. The van der Waals surface area contributed by atoms with Crippen LogP contribution in [0.2, 0.25) is 0 Å². The maximum Gasteiger partial charge on any atom is 0.252 e. The van der Waals surface area contributed by atoms with Gasteiger partial charge in [0.25, 0.3) is 5.56 Å². The second-order valence-corrected chi connectivity index (χ2v) is 5.99. The minimum absolute atomic E-state index is 0.144. The summed E-state index contributed by atoms with van der Waals surface area (Å²) in [6.45, 7) is 2.08. The molecule has 0 aromatic carbocycles. The van der Waals surface area contributed by atoms with Crippen LogP contribution in [0.15, 0.2) is 15.9 Å². The second-order valence-electron chi connectivity index (χ2n) is 4.88. The summed E-state index contributed by atoms with van der Waals surface area (Å²) in [4.78, 5) is 15.2. The van der Waals surface area contributed by atoms with Crippen LogP contribution in [0, 0.1) is 0 Å². The van der Waals surface area contributed by atoms with Crippen LogP contribution in [-0.4, -0.2) is 23.8 Å². The number of nitrogens with one attached hydrogen (secondary N) is 2. The molecular weight excluding hydrogens is 232 g/mol. The molecule has 92 valence electrons. The van der Waals surface area contributed by atoms with Gasteiger partial charge in [0, 0.05) is 5.56 Å². The maximum atomic E-state index is 12.1. The molecule has 1 saturated heterocycles. The quantitative estimate of drug-likeness (QED) is 0.800. The molecule has 1 fully saturated rings. The topological polar surface area (TPSA) is 44.9 Å². The number of pyridine rings is 1. The average Bonchev–Trinajstić information content (AvgIpc) is 2.39. The fourth-order valence-corrected chi connectivity index (χ4v) is 3.77. The van der Waals surface area contributed by atoms with Crippen LogP contribution >= 0.6 is 11.8 Å². The number of hydrogen-bond donors (Lipinski definition) is 2. The highest BCUT2D eigenvalue weighted by Gasteiger charge is 2.21. The Morgan fingerprint density at radius 2 is 2.12 bits per heavy atom. The molecule has 1 aromatic heterocycles. The van der Waals surface area contributed by atoms with E-state index in [1.807, 2.05) is 0 Å². The molecule has 2 aliphatic rings. The van der Waals surface area contributed by atoms with Crippen LogP contribution in [0.5, 0.6) is 0 Å². The highest BCUT2D eigenvalue weighted by molar-refractivity contribution is 7.99. The van der Waals surface area contributed by atoms with Crippen molar-refractivity contribution in [3.63, 3.8) is 0 Å². The van der Waals surface area contributed by atoms with Crippen molar-refractivity contribution in [2.45, 2.75) is 36.6 Å². The number of aryl methyl sites for hydroxylation is 1. The Morgan fingerprint density at radius 3 is 2.94 bits per heavy atom. The number of rotatable bonds is 1. The minimum Gasteiger partial charge on any atom is -0.317 e. The van der Waals surface area contributed by atoms with Crippen LogP contribution in [-0.2, 0) is 6.42 Å². The Hall–Kier alpha value is -0.740. The summed E-state index contributed by atoms with van der Waals surface area (Å²) < 4.78 is 0. The average molecular weight is 250 g/mol. The molecule has 2 N–H and O–H groups in total. The van der Waals surface area contributed by atoms with E-state index < -0.39 is 0 Å². The third-order valence-electron chi connectivity index (χ3n) is 3.73. The predicted molar refractivity (Wildman–Crippen MR) is 71.0 cm³/mol. The summed E-state index contributed by atoms with van der Waals surface area (Å²) >= 11 is 1.79. The first kappa shape index (κ1) is 11.4. The van der Waals surface area contributed by atoms with Gasteiger partial charge in [0.15, 0.2) is 0 Å². The van der Waals surface area contributed by atoms with Crippen molar-refractivity contribution in [2.75, 3.05) is 18.8 Å². The number of hydrogen-bond acceptors (Lipinski definition) is 3. The number of fused-ring (bicyclic) bond motifs is 1. The van der Waals surface area contributed by atoms with Crippen molar-refractivity contribution >= 4 is 11.8 Å². The zero-order chi connectivity index (χ0) is 11.7. The molecule has 0 aliphatic carbocycles. The van der Waals surface area contributed by atoms with Crippen molar-refractivity contribution in [3.05, 3.63) is 27.5 Å². The van der Waals surface area contributed by atoms with Gasteiger partial charge in [-0.1, -0.05) is 0 Å². The summed E-state index contributed by atoms with van der Waals surface area (Å²) in [7, 11) is 0. The largest absolute Gasteiger partial charge is 0.317 e. The first-order chi connectivity index (χ1) is 8.34. The molecular formula is C13H18N2OS. The zero-order valence-electron chi connectivity index (χ0n) is 9.92. The molecule has 0 saturated carbocycles. The van der Waals surface area contributed by atoms with Crippen LogP contribution in [0.25, 0.3) is 0 Å². The van der Waals surface area contributed by atoms with Crippen molar-refractivity contribution in [1.82, 2.24) is 10.3 Å². The third-order valence-corrected chi connectivity index (χ3v) is 4.87. The van der Waals surface area contributed by atoms with Gasteiger partial charge in [-0.2, -0.15) is 0 Å². The van der Waals surface area contributed by atoms with E-state index in [1.165, 1.54) is 12.0 Å². The van der Waals surface area contributed by atoms with Gasteiger partial charge in [0.2, 0.25) is 0 Å². The van der Waals surface area contributed by atoms with Gasteiger partial charge in [-0.25, -0.2) is 0 Å². The molecule has 0 spiro atoms. The van der Waals surface area contributed by atoms with Crippen LogP contribution in [0.3, 0.4) is 0 Å². The molecule has 3 heterocycles. The monoisotopic (exact) mass is 250 g/mol. The Kier molecular flexibility index (Phi) is 3.25. The normalized spacial score (nSPS) is 21.2. The van der Waals surface area contributed by atoms with E-state index >= 15 is 0 Å². The van der Waals surface area contributed by atoms with Crippen molar-refractivity contribution < 1.29 is 0 Å². The third kappa shape index (κ3) is 2.29. The predicted octanol–water partition coefficient (Wildman–Crippen LogP) is 1.88. The van der Waals surface area contributed by atoms with Gasteiger partial charge in [-0.15, -0.1) is 11.8 Å².